The third kappa shape index (κ3) is 3.17. The molecule has 0 unspecified atom stereocenters. The summed E-state index contributed by atoms with van der Waals surface area (Å²) in [5.41, 5.74) is 7.36. The van der Waals surface area contributed by atoms with Crippen molar-refractivity contribution in [1.82, 2.24) is 4.90 Å². The van der Waals surface area contributed by atoms with Gasteiger partial charge in [-0.1, -0.05) is 12.1 Å². The van der Waals surface area contributed by atoms with Crippen LogP contribution in [0.3, 0.4) is 0 Å². The summed E-state index contributed by atoms with van der Waals surface area (Å²) < 4.78 is 0. The van der Waals surface area contributed by atoms with E-state index in [9.17, 15) is 0 Å². The number of hydrogen-bond acceptors (Lipinski definition) is 3. The first-order valence-corrected chi connectivity index (χ1v) is 4.64. The van der Waals surface area contributed by atoms with E-state index < -0.39 is 0 Å². The zero-order valence-corrected chi connectivity index (χ0v) is 8.40. The van der Waals surface area contributed by atoms with Gasteiger partial charge < -0.3 is 10.6 Å². The maximum Gasteiger partial charge on any atom is 0.0991 e. The number of rotatable bonds is 4. The molecule has 0 atom stereocenters. The van der Waals surface area contributed by atoms with Gasteiger partial charge in [-0.05, 0) is 24.7 Å². The zero-order valence-electron chi connectivity index (χ0n) is 8.40. The molecule has 3 heteroatoms. The average molecular weight is 189 g/mol. The number of nitriles is 1. The highest BCUT2D eigenvalue weighted by molar-refractivity contribution is 5.31. The summed E-state index contributed by atoms with van der Waals surface area (Å²) in [5, 5.41) is 8.62. The molecule has 0 aliphatic rings. The second-order valence-corrected chi connectivity index (χ2v) is 3.34. The van der Waals surface area contributed by atoms with Crippen LogP contribution in [0.25, 0.3) is 0 Å². The number of likely N-dealkylation sites (N-methyl/N-ethyl adjacent to an activating group) is 1. The van der Waals surface area contributed by atoms with Crippen molar-refractivity contribution < 1.29 is 0 Å². The second-order valence-electron chi connectivity index (χ2n) is 3.34. The molecule has 1 aromatic rings. The first-order chi connectivity index (χ1) is 6.76. The number of hydrogen-bond donors (Lipinski definition) is 1. The number of nitrogens with two attached hydrogens (primary N) is 1. The lowest BCUT2D eigenvalue weighted by Gasteiger charge is -2.14. The third-order valence-corrected chi connectivity index (χ3v) is 2.05. The van der Waals surface area contributed by atoms with Gasteiger partial charge in [0, 0.05) is 19.6 Å². The van der Waals surface area contributed by atoms with Crippen molar-refractivity contribution in [3.8, 4) is 6.07 Å². The van der Waals surface area contributed by atoms with Crippen molar-refractivity contribution >= 4 is 0 Å². The number of benzene rings is 1. The highest BCUT2D eigenvalue weighted by Gasteiger charge is 1.98. The lowest BCUT2D eigenvalue weighted by atomic mass is 10.1. The summed E-state index contributed by atoms with van der Waals surface area (Å²) in [4.78, 5) is 2.15. The van der Waals surface area contributed by atoms with Gasteiger partial charge >= 0.3 is 0 Å². The molecule has 2 N–H and O–H groups in total. The molecule has 0 amide bonds. The van der Waals surface area contributed by atoms with Gasteiger partial charge in [0.05, 0.1) is 11.6 Å². The molecule has 0 bridgehead atoms. The Balaban J connectivity index is 2.56. The summed E-state index contributed by atoms with van der Waals surface area (Å²) in [7, 11) is 2.03. The first kappa shape index (κ1) is 10.7. The van der Waals surface area contributed by atoms with Crippen LogP contribution >= 0.6 is 0 Å². The monoisotopic (exact) mass is 189 g/mol. The van der Waals surface area contributed by atoms with Crippen LogP contribution in [0.15, 0.2) is 24.3 Å². The minimum atomic E-state index is 0.673. The highest BCUT2D eigenvalue weighted by atomic mass is 15.1. The fraction of sp³-hybridized carbons (Fsp3) is 0.364. The van der Waals surface area contributed by atoms with E-state index >= 15 is 0 Å². The van der Waals surface area contributed by atoms with Gasteiger partial charge in [-0.25, -0.2) is 0 Å². The molecular formula is C11H15N3. The minimum Gasteiger partial charge on any atom is -0.329 e. The van der Waals surface area contributed by atoms with E-state index in [1.54, 1.807) is 0 Å². The molecule has 0 fully saturated rings. The van der Waals surface area contributed by atoms with Gasteiger partial charge in [-0.15, -0.1) is 0 Å². The minimum absolute atomic E-state index is 0.673. The maximum atomic E-state index is 8.62. The van der Waals surface area contributed by atoms with Crippen LogP contribution in [0.5, 0.6) is 0 Å². The molecule has 0 aromatic heterocycles. The molecule has 1 aromatic carbocycles. The maximum absolute atomic E-state index is 8.62. The summed E-state index contributed by atoms with van der Waals surface area (Å²) in [6.45, 7) is 2.44. The van der Waals surface area contributed by atoms with Crippen LogP contribution in [0, 0.1) is 11.3 Å². The zero-order chi connectivity index (χ0) is 10.4. The molecule has 1 rings (SSSR count). The Morgan fingerprint density at radius 1 is 1.36 bits per heavy atom. The van der Waals surface area contributed by atoms with Gasteiger partial charge in [-0.2, -0.15) is 5.26 Å². The molecule has 0 heterocycles. The second kappa shape index (κ2) is 5.38. The summed E-state index contributed by atoms with van der Waals surface area (Å²) in [6, 6.07) is 9.73. The predicted octanol–water partition coefficient (Wildman–Crippen LogP) is 0.949. The molecule has 0 aliphatic carbocycles. The first-order valence-electron chi connectivity index (χ1n) is 4.64. The van der Waals surface area contributed by atoms with Gasteiger partial charge in [0.15, 0.2) is 0 Å². The molecule has 0 saturated carbocycles. The quantitative estimate of drug-likeness (QED) is 0.767. The summed E-state index contributed by atoms with van der Waals surface area (Å²) in [5.74, 6) is 0. The van der Waals surface area contributed by atoms with Crippen LogP contribution in [-0.4, -0.2) is 25.0 Å². The van der Waals surface area contributed by atoms with Crippen molar-refractivity contribution in [2.75, 3.05) is 20.1 Å². The summed E-state index contributed by atoms with van der Waals surface area (Å²) in [6.07, 6.45) is 0. The normalized spacial score (nSPS) is 10.1. The fourth-order valence-corrected chi connectivity index (χ4v) is 1.30. The van der Waals surface area contributed by atoms with Crippen LogP contribution in [0.2, 0.25) is 0 Å². The molecule has 3 nitrogen and oxygen atoms in total. The van der Waals surface area contributed by atoms with Gasteiger partial charge in [0.2, 0.25) is 0 Å². The van der Waals surface area contributed by atoms with E-state index in [0.29, 0.717) is 12.1 Å². The smallest absolute Gasteiger partial charge is 0.0991 e. The Kier molecular flexibility index (Phi) is 4.11. The summed E-state index contributed by atoms with van der Waals surface area (Å²) >= 11 is 0. The van der Waals surface area contributed by atoms with Crippen molar-refractivity contribution in [2.24, 2.45) is 5.73 Å². The van der Waals surface area contributed by atoms with E-state index in [0.717, 1.165) is 13.1 Å². The molecule has 0 radical (unpaired) electrons. The molecule has 74 valence electrons. The largest absolute Gasteiger partial charge is 0.329 e. The Hall–Kier alpha value is -1.37. The van der Waals surface area contributed by atoms with Crippen molar-refractivity contribution in [3.05, 3.63) is 35.4 Å². The van der Waals surface area contributed by atoms with E-state index in [2.05, 4.69) is 11.0 Å². The lowest BCUT2D eigenvalue weighted by molar-refractivity contribution is 0.336. The van der Waals surface area contributed by atoms with E-state index in [-0.39, 0.29) is 0 Å². The lowest BCUT2D eigenvalue weighted by Crippen LogP contribution is -2.24. The third-order valence-electron chi connectivity index (χ3n) is 2.05. The van der Waals surface area contributed by atoms with Crippen LogP contribution in [-0.2, 0) is 6.54 Å². The van der Waals surface area contributed by atoms with Crippen LogP contribution in [0.4, 0.5) is 0 Å². The molecule has 14 heavy (non-hydrogen) atoms. The van der Waals surface area contributed by atoms with Crippen molar-refractivity contribution in [2.45, 2.75) is 6.54 Å². The van der Waals surface area contributed by atoms with E-state index in [1.165, 1.54) is 5.56 Å². The van der Waals surface area contributed by atoms with Crippen LogP contribution < -0.4 is 5.73 Å². The fourth-order valence-electron chi connectivity index (χ4n) is 1.30. The predicted molar refractivity (Wildman–Crippen MR) is 56.5 cm³/mol. The SMILES string of the molecule is CN(CCN)Cc1ccc(C#N)cc1. The Labute approximate surface area is 84.7 Å². The van der Waals surface area contributed by atoms with Crippen molar-refractivity contribution in [1.29, 1.82) is 5.26 Å². The Morgan fingerprint density at radius 2 is 2.00 bits per heavy atom. The van der Waals surface area contributed by atoms with E-state index in [1.807, 2.05) is 31.3 Å². The van der Waals surface area contributed by atoms with Crippen molar-refractivity contribution in [3.63, 3.8) is 0 Å². The topological polar surface area (TPSA) is 53.0 Å². The average Bonchev–Trinajstić information content (AvgIpc) is 2.19. The molecule has 0 saturated heterocycles. The van der Waals surface area contributed by atoms with E-state index in [4.69, 9.17) is 11.0 Å². The number of nitrogens with zero attached hydrogens (tertiary/aromatic N) is 2. The highest BCUT2D eigenvalue weighted by Crippen LogP contribution is 2.05. The van der Waals surface area contributed by atoms with Gasteiger partial charge in [0.1, 0.15) is 0 Å². The van der Waals surface area contributed by atoms with Crippen LogP contribution in [0.1, 0.15) is 11.1 Å². The Bertz CT molecular complexity index is 310. The molecular weight excluding hydrogens is 174 g/mol. The van der Waals surface area contributed by atoms with Gasteiger partial charge in [-0.3, -0.25) is 0 Å². The van der Waals surface area contributed by atoms with Gasteiger partial charge in [0.25, 0.3) is 0 Å². The molecule has 0 spiro atoms. The molecule has 0 aliphatic heterocycles. The standard InChI is InChI=1S/C11H15N3/c1-14(7-6-12)9-11-4-2-10(8-13)3-5-11/h2-5H,6-7,9,12H2,1H3. The Morgan fingerprint density at radius 3 is 2.50 bits per heavy atom.